The normalized spacial score (nSPS) is 15.6. The molecule has 13 heavy (non-hydrogen) atoms. The van der Waals surface area contributed by atoms with Crippen LogP contribution in [0.15, 0.2) is 0 Å². The molecule has 7 heteroatoms. The van der Waals surface area contributed by atoms with Crippen molar-refractivity contribution in [3.8, 4) is 0 Å². The topological polar surface area (TPSA) is 66.4 Å². The molecule has 0 rings (SSSR count). The van der Waals surface area contributed by atoms with Crippen LogP contribution >= 0.6 is 6.83 Å². The second-order valence-electron chi connectivity index (χ2n) is 3.67. The minimum absolute atomic E-state index is 0. The molecule has 0 saturated heterocycles. The van der Waals surface area contributed by atoms with Crippen molar-refractivity contribution in [2.24, 2.45) is 0 Å². The van der Waals surface area contributed by atoms with E-state index in [1.54, 1.807) is 13.3 Å². The van der Waals surface area contributed by atoms with Crippen LogP contribution < -0.4 is 18.9 Å². The molecule has 0 saturated carbocycles. The molecule has 0 unspecified atom stereocenters. The maximum Gasteiger partial charge on any atom is 1.00 e. The van der Waals surface area contributed by atoms with Gasteiger partial charge in [0.2, 0.25) is 0 Å². The Morgan fingerprint density at radius 3 is 1.62 bits per heavy atom. The molecule has 0 heterocycles. The maximum absolute atomic E-state index is 10.4. The molecule has 0 aromatic carbocycles. The largest absolute Gasteiger partial charge is 1.00 e. The Balaban J connectivity index is 0. The Hall–Kier alpha value is 0.897. The fraction of sp³-hybridized carbons (Fsp3) is 1.00. The van der Waals surface area contributed by atoms with Crippen molar-refractivity contribution < 1.29 is 35.8 Å². The van der Waals surface area contributed by atoms with Gasteiger partial charge in [-0.3, -0.25) is 0 Å². The third-order valence-electron chi connectivity index (χ3n) is 2.32. The summed E-state index contributed by atoms with van der Waals surface area (Å²) < 4.78 is 35.9. The van der Waals surface area contributed by atoms with Gasteiger partial charge in [-0.15, -0.1) is 0 Å². The number of hydrogen-bond acceptors (Lipinski definition) is 4. The van der Waals surface area contributed by atoms with E-state index < -0.39 is 17.2 Å². The van der Waals surface area contributed by atoms with Gasteiger partial charge in [0.05, 0.1) is 0 Å². The summed E-state index contributed by atoms with van der Waals surface area (Å²) in [5.74, 6) is 0. The van der Waals surface area contributed by atoms with Crippen molar-refractivity contribution in [1.82, 2.24) is 0 Å². The van der Waals surface area contributed by atoms with Gasteiger partial charge in [0.25, 0.3) is 0 Å². The first-order chi connectivity index (χ1) is 5.11. The molecular weight excluding hydrogens is 206 g/mol. The third-order valence-corrected chi connectivity index (χ3v) is 9.02. The summed E-state index contributed by atoms with van der Waals surface area (Å²) in [6.45, 7) is 4.48. The quantitative estimate of drug-likeness (QED) is 0.244. The van der Waals surface area contributed by atoms with E-state index in [1.807, 2.05) is 13.8 Å². The molecule has 0 aromatic rings. The predicted molar refractivity (Wildman–Crippen MR) is 50.6 cm³/mol. The van der Waals surface area contributed by atoms with Crippen LogP contribution in [0.5, 0.6) is 0 Å². The summed E-state index contributed by atoms with van der Waals surface area (Å²) in [5, 5.41) is 0. The van der Waals surface area contributed by atoms with Crippen LogP contribution in [0.3, 0.4) is 0 Å². The van der Waals surface area contributed by atoms with E-state index in [4.69, 9.17) is 0 Å². The third kappa shape index (κ3) is 6.06. The summed E-state index contributed by atoms with van der Waals surface area (Å²) in [6, 6.07) is 0. The molecule has 0 aromatic heterocycles. The minimum atomic E-state index is -4.56. The van der Waals surface area contributed by atoms with Crippen LogP contribution in [0.4, 0.5) is 0 Å². The zero-order valence-corrected chi connectivity index (χ0v) is 10.6. The zero-order valence-electron chi connectivity index (χ0n) is 8.90. The minimum Gasteiger partial charge on any atom is 1.00 e. The van der Waals surface area contributed by atoms with Gasteiger partial charge in [-0.05, 0) is 0 Å². The van der Waals surface area contributed by atoms with E-state index in [1.165, 1.54) is 0 Å². The van der Waals surface area contributed by atoms with Crippen molar-refractivity contribution in [3.63, 3.8) is 0 Å². The van der Waals surface area contributed by atoms with Crippen LogP contribution in [0.25, 0.3) is 0 Å². The van der Waals surface area contributed by atoms with Crippen LogP contribution in [0.1, 0.15) is 13.8 Å². The van der Waals surface area contributed by atoms with Gasteiger partial charge < -0.3 is 0 Å². The number of rotatable bonds is 4. The van der Waals surface area contributed by atoms with Gasteiger partial charge in [0.1, 0.15) is 0 Å². The van der Waals surface area contributed by atoms with Crippen molar-refractivity contribution in [2.45, 2.75) is 13.8 Å². The van der Waals surface area contributed by atoms with Crippen LogP contribution in [-0.4, -0.2) is 38.6 Å². The van der Waals surface area contributed by atoms with Crippen molar-refractivity contribution >= 4 is 17.2 Å². The predicted octanol–water partition coefficient (Wildman–Crippen LogP) is -1.77. The molecule has 0 aliphatic rings. The van der Waals surface area contributed by atoms with Crippen LogP contribution in [0, 0.1) is 0 Å². The van der Waals surface area contributed by atoms with Gasteiger partial charge >= 0.3 is 92.5 Å². The molecule has 0 bridgehead atoms. The summed E-state index contributed by atoms with van der Waals surface area (Å²) in [5.41, 5.74) is 0. The number of hydrogen-bond donors (Lipinski definition) is 0. The molecule has 0 atom stereocenters. The first-order valence-electron chi connectivity index (χ1n) is 3.79. The molecule has 0 amide bonds. The molecular formula is C6H16LiO4PS. The van der Waals surface area contributed by atoms with E-state index in [0.29, 0.717) is 12.3 Å². The Bertz CT molecular complexity index is 254. The molecule has 0 spiro atoms. The smallest absolute Gasteiger partial charge is 1.00 e. The summed E-state index contributed by atoms with van der Waals surface area (Å²) >= 11 is 0. The summed E-state index contributed by atoms with van der Waals surface area (Å²) in [6.07, 6.45) is 1.20. The average Bonchev–Trinajstić information content (AvgIpc) is 1.85. The molecule has 0 fully saturated rings. The molecule has 0 aliphatic heterocycles. The zero-order chi connectivity index (χ0) is 10.1. The van der Waals surface area contributed by atoms with E-state index in [2.05, 4.69) is 3.97 Å². The molecule has 4 nitrogen and oxygen atoms in total. The SMILES string of the molecule is CCP(C)(C)(CC)OS(=O)(=O)[O-].[Li+]. The van der Waals surface area contributed by atoms with E-state index in [0.717, 1.165) is 0 Å². The Kier molecular flexibility index (Phi) is 5.79. The van der Waals surface area contributed by atoms with Crippen molar-refractivity contribution in [1.29, 1.82) is 0 Å². The second-order valence-corrected chi connectivity index (χ2v) is 11.5. The standard InChI is InChI=1S/C6H17O4PS.Li/c1-5-11(3,4,6-2)10-12(7,8)9;/h5-6H2,1-4H3,(H,7,8,9);/q;+1/p-1. The summed E-state index contributed by atoms with van der Waals surface area (Å²) in [4.78, 5) is 0. The van der Waals surface area contributed by atoms with Gasteiger partial charge in [-0.2, -0.15) is 0 Å². The van der Waals surface area contributed by atoms with Crippen molar-refractivity contribution in [3.05, 3.63) is 0 Å². The fourth-order valence-corrected chi connectivity index (χ4v) is 4.42. The van der Waals surface area contributed by atoms with Crippen molar-refractivity contribution in [2.75, 3.05) is 25.7 Å². The van der Waals surface area contributed by atoms with Gasteiger partial charge in [-0.25, -0.2) is 0 Å². The van der Waals surface area contributed by atoms with Gasteiger partial charge in [0, 0.05) is 0 Å². The molecule has 0 N–H and O–H groups in total. The van der Waals surface area contributed by atoms with E-state index >= 15 is 0 Å². The van der Waals surface area contributed by atoms with Gasteiger partial charge in [0.15, 0.2) is 0 Å². The van der Waals surface area contributed by atoms with Crippen LogP contribution in [-0.2, 0) is 14.4 Å². The van der Waals surface area contributed by atoms with E-state index in [-0.39, 0.29) is 18.9 Å². The maximum atomic E-state index is 10.4. The Morgan fingerprint density at radius 2 is 1.54 bits per heavy atom. The first-order valence-corrected chi connectivity index (χ1v) is 8.54. The molecule has 76 valence electrons. The Labute approximate surface area is 92.6 Å². The van der Waals surface area contributed by atoms with E-state index in [9.17, 15) is 13.0 Å². The average molecular weight is 222 g/mol. The molecule has 0 aliphatic carbocycles. The second kappa shape index (κ2) is 4.61. The fourth-order valence-electron chi connectivity index (χ4n) is 0.641. The monoisotopic (exact) mass is 222 g/mol. The first kappa shape index (κ1) is 16.3. The molecule has 0 radical (unpaired) electrons. The Morgan fingerprint density at radius 1 is 1.23 bits per heavy atom. The summed E-state index contributed by atoms with van der Waals surface area (Å²) in [7, 11) is -4.56. The van der Waals surface area contributed by atoms with Gasteiger partial charge in [-0.1, -0.05) is 0 Å². The van der Waals surface area contributed by atoms with Crippen LogP contribution in [0.2, 0.25) is 0 Å².